The molecule has 0 amide bonds. The average molecular weight is 176 g/mol. The van der Waals surface area contributed by atoms with Crippen molar-refractivity contribution in [2.45, 2.75) is 26.2 Å². The van der Waals surface area contributed by atoms with Crippen LogP contribution < -0.4 is 5.32 Å². The Morgan fingerprint density at radius 1 is 1.55 bits per heavy atom. The molecule has 0 saturated heterocycles. The lowest BCUT2D eigenvalue weighted by atomic mass is 10.2. The monoisotopic (exact) mass is 175 g/mol. The van der Waals surface area contributed by atoms with Crippen LogP contribution in [-0.2, 0) is 0 Å². The molecule has 66 valence electrons. The van der Waals surface area contributed by atoms with Gasteiger partial charge in [0.2, 0.25) is 0 Å². The molecule has 1 saturated carbocycles. The van der Waals surface area contributed by atoms with E-state index in [4.69, 9.17) is 11.6 Å². The molecule has 11 heavy (non-hydrogen) atoms. The van der Waals surface area contributed by atoms with Gasteiger partial charge < -0.3 is 5.32 Å². The highest BCUT2D eigenvalue weighted by Gasteiger charge is 2.19. The molecule has 0 radical (unpaired) electrons. The van der Waals surface area contributed by atoms with Crippen molar-refractivity contribution in [1.29, 1.82) is 0 Å². The first kappa shape index (κ1) is 9.34. The minimum Gasteiger partial charge on any atom is -0.316 e. The number of halogens is 1. The van der Waals surface area contributed by atoms with E-state index in [9.17, 15) is 0 Å². The number of hydrogen-bond donors (Lipinski definition) is 1. The molecule has 0 aromatic rings. The molecule has 0 spiro atoms. The Morgan fingerprint density at radius 2 is 2.27 bits per heavy atom. The van der Waals surface area contributed by atoms with Crippen molar-refractivity contribution in [1.82, 2.24) is 5.32 Å². The molecular formula is C9H18ClN. The van der Waals surface area contributed by atoms with Crippen LogP contribution in [0.4, 0.5) is 0 Å². The minimum atomic E-state index is 0.621. The van der Waals surface area contributed by atoms with Crippen molar-refractivity contribution in [3.8, 4) is 0 Å². The van der Waals surface area contributed by atoms with Crippen molar-refractivity contribution in [2.24, 2.45) is 11.8 Å². The summed E-state index contributed by atoms with van der Waals surface area (Å²) in [6.07, 6.45) is 4.30. The van der Waals surface area contributed by atoms with Gasteiger partial charge in [-0.2, -0.15) is 0 Å². The summed E-state index contributed by atoms with van der Waals surface area (Å²) in [7, 11) is 0. The lowest BCUT2D eigenvalue weighted by Crippen LogP contribution is -2.23. The van der Waals surface area contributed by atoms with Crippen LogP contribution in [0.1, 0.15) is 26.2 Å². The highest BCUT2D eigenvalue weighted by Crippen LogP contribution is 2.31. The van der Waals surface area contributed by atoms with Crippen molar-refractivity contribution < 1.29 is 0 Å². The van der Waals surface area contributed by atoms with Gasteiger partial charge in [0.25, 0.3) is 0 Å². The number of alkyl halides is 1. The Labute approximate surface area is 74.5 Å². The zero-order chi connectivity index (χ0) is 8.10. The van der Waals surface area contributed by atoms with Gasteiger partial charge in [-0.3, -0.25) is 0 Å². The lowest BCUT2D eigenvalue weighted by molar-refractivity contribution is 0.534. The summed E-state index contributed by atoms with van der Waals surface area (Å²) in [4.78, 5) is 0. The molecule has 0 aromatic carbocycles. The summed E-state index contributed by atoms with van der Waals surface area (Å²) < 4.78 is 0. The summed E-state index contributed by atoms with van der Waals surface area (Å²) in [5.41, 5.74) is 0. The predicted octanol–water partition coefficient (Wildman–Crippen LogP) is 2.25. The maximum Gasteiger partial charge on any atom is 0.0261 e. The quantitative estimate of drug-likeness (QED) is 0.483. The van der Waals surface area contributed by atoms with Gasteiger partial charge >= 0.3 is 0 Å². The van der Waals surface area contributed by atoms with Crippen molar-refractivity contribution in [3.63, 3.8) is 0 Å². The molecule has 0 aliphatic heterocycles. The van der Waals surface area contributed by atoms with Gasteiger partial charge in [-0.15, -0.1) is 11.6 Å². The summed E-state index contributed by atoms with van der Waals surface area (Å²) in [5, 5.41) is 3.42. The zero-order valence-electron chi connectivity index (χ0n) is 7.28. The summed E-state index contributed by atoms with van der Waals surface area (Å²) in [6.45, 7) is 4.44. The Balaban J connectivity index is 1.79. The summed E-state index contributed by atoms with van der Waals surface area (Å²) >= 11 is 5.67. The van der Waals surface area contributed by atoms with Crippen LogP contribution in [0.5, 0.6) is 0 Å². The van der Waals surface area contributed by atoms with Crippen molar-refractivity contribution >= 4 is 11.6 Å². The Bertz CT molecular complexity index is 102. The molecule has 0 aromatic heterocycles. The molecule has 1 fully saturated rings. The Kier molecular flexibility index (Phi) is 4.24. The molecule has 1 aliphatic rings. The van der Waals surface area contributed by atoms with Crippen LogP contribution in [0.3, 0.4) is 0 Å². The molecular weight excluding hydrogens is 158 g/mol. The van der Waals surface area contributed by atoms with Crippen LogP contribution in [0.2, 0.25) is 0 Å². The van der Waals surface area contributed by atoms with E-state index in [0.717, 1.165) is 18.3 Å². The highest BCUT2D eigenvalue weighted by atomic mass is 35.5. The van der Waals surface area contributed by atoms with Crippen LogP contribution in [0.15, 0.2) is 0 Å². The third kappa shape index (κ3) is 4.65. The van der Waals surface area contributed by atoms with E-state index in [0.29, 0.717) is 5.92 Å². The van der Waals surface area contributed by atoms with Crippen molar-refractivity contribution in [3.05, 3.63) is 0 Å². The Hall–Kier alpha value is 0.250. The van der Waals surface area contributed by atoms with E-state index in [1.54, 1.807) is 0 Å². The molecule has 1 nitrogen and oxygen atoms in total. The molecule has 1 unspecified atom stereocenters. The number of hydrogen-bond acceptors (Lipinski definition) is 1. The third-order valence-electron chi connectivity index (χ3n) is 2.18. The number of nitrogens with one attached hydrogen (secondary N) is 1. The molecule has 1 atom stereocenters. The topological polar surface area (TPSA) is 12.0 Å². The summed E-state index contributed by atoms with van der Waals surface area (Å²) in [6, 6.07) is 0. The van der Waals surface area contributed by atoms with E-state index in [1.165, 1.54) is 25.8 Å². The standard InChI is InChI=1S/C9H18ClN/c1-8(6-10)7-11-5-4-9-2-3-9/h8-9,11H,2-7H2,1H3. The molecule has 1 aliphatic carbocycles. The fraction of sp³-hybridized carbons (Fsp3) is 1.00. The van der Waals surface area contributed by atoms with Crippen LogP contribution in [-0.4, -0.2) is 19.0 Å². The van der Waals surface area contributed by atoms with E-state index < -0.39 is 0 Å². The maximum atomic E-state index is 5.67. The molecule has 1 N–H and O–H groups in total. The molecule has 0 heterocycles. The second-order valence-electron chi connectivity index (χ2n) is 3.70. The van der Waals surface area contributed by atoms with Gasteiger partial charge in [0.05, 0.1) is 0 Å². The van der Waals surface area contributed by atoms with Gasteiger partial charge in [0, 0.05) is 5.88 Å². The first-order valence-electron chi connectivity index (χ1n) is 4.59. The van der Waals surface area contributed by atoms with Crippen LogP contribution >= 0.6 is 11.6 Å². The van der Waals surface area contributed by atoms with Crippen molar-refractivity contribution in [2.75, 3.05) is 19.0 Å². The van der Waals surface area contributed by atoms with Gasteiger partial charge in [-0.25, -0.2) is 0 Å². The van der Waals surface area contributed by atoms with E-state index >= 15 is 0 Å². The van der Waals surface area contributed by atoms with Gasteiger partial charge in [0.1, 0.15) is 0 Å². The summed E-state index contributed by atoms with van der Waals surface area (Å²) in [5.74, 6) is 2.45. The van der Waals surface area contributed by atoms with Gasteiger partial charge in [-0.05, 0) is 31.3 Å². The number of rotatable bonds is 6. The fourth-order valence-electron chi connectivity index (χ4n) is 1.12. The molecule has 2 heteroatoms. The second kappa shape index (κ2) is 5.00. The van der Waals surface area contributed by atoms with Gasteiger partial charge in [-0.1, -0.05) is 19.8 Å². The third-order valence-corrected chi connectivity index (χ3v) is 2.71. The maximum absolute atomic E-state index is 5.67. The van der Waals surface area contributed by atoms with Crippen LogP contribution in [0, 0.1) is 11.8 Å². The first-order chi connectivity index (χ1) is 5.33. The fourth-order valence-corrected chi connectivity index (χ4v) is 1.22. The smallest absolute Gasteiger partial charge is 0.0261 e. The predicted molar refractivity (Wildman–Crippen MR) is 50.1 cm³/mol. The molecule has 1 rings (SSSR count). The van der Waals surface area contributed by atoms with Gasteiger partial charge in [0.15, 0.2) is 0 Å². The normalized spacial score (nSPS) is 20.2. The van der Waals surface area contributed by atoms with E-state index in [2.05, 4.69) is 12.2 Å². The Morgan fingerprint density at radius 3 is 2.82 bits per heavy atom. The van der Waals surface area contributed by atoms with E-state index in [1.807, 2.05) is 0 Å². The minimum absolute atomic E-state index is 0.621. The first-order valence-corrected chi connectivity index (χ1v) is 5.13. The van der Waals surface area contributed by atoms with E-state index in [-0.39, 0.29) is 0 Å². The largest absolute Gasteiger partial charge is 0.316 e. The molecule has 0 bridgehead atoms. The SMILES string of the molecule is CC(CCl)CNCCC1CC1. The highest BCUT2D eigenvalue weighted by molar-refractivity contribution is 6.18. The second-order valence-corrected chi connectivity index (χ2v) is 4.00. The lowest BCUT2D eigenvalue weighted by Gasteiger charge is -2.08. The van der Waals surface area contributed by atoms with Crippen LogP contribution in [0.25, 0.3) is 0 Å². The zero-order valence-corrected chi connectivity index (χ0v) is 8.03. The average Bonchev–Trinajstić information content (AvgIpc) is 2.81.